The topological polar surface area (TPSA) is 66.8 Å². The van der Waals surface area contributed by atoms with Gasteiger partial charge in [-0.3, -0.25) is 14.5 Å². The van der Waals surface area contributed by atoms with Crippen LogP contribution in [-0.4, -0.2) is 23.4 Å². The number of amides is 1. The Morgan fingerprint density at radius 2 is 1.71 bits per heavy atom. The van der Waals surface area contributed by atoms with Crippen molar-refractivity contribution in [1.82, 2.24) is 0 Å². The van der Waals surface area contributed by atoms with Crippen molar-refractivity contribution < 1.29 is 19.4 Å². The number of aliphatic hydroxyl groups excluding tert-OH is 1. The number of hydrogen-bond acceptors (Lipinski definition) is 4. The van der Waals surface area contributed by atoms with E-state index in [1.165, 1.54) is 11.0 Å². The van der Waals surface area contributed by atoms with Crippen LogP contribution in [0.1, 0.15) is 29.7 Å². The molecule has 3 aromatic carbocycles. The summed E-state index contributed by atoms with van der Waals surface area (Å²) in [7, 11) is 0. The summed E-state index contributed by atoms with van der Waals surface area (Å²) in [4.78, 5) is 27.8. The molecule has 3 aromatic rings. The van der Waals surface area contributed by atoms with Gasteiger partial charge in [0.2, 0.25) is 0 Å². The van der Waals surface area contributed by atoms with Crippen LogP contribution in [0.25, 0.3) is 5.76 Å². The Balaban J connectivity index is 1.95. The highest BCUT2D eigenvalue weighted by Gasteiger charge is 2.47. The summed E-state index contributed by atoms with van der Waals surface area (Å²) in [5.41, 5.74) is 2.23. The van der Waals surface area contributed by atoms with E-state index in [0.717, 1.165) is 5.56 Å². The second-order valence-electron chi connectivity index (χ2n) is 7.76. The normalized spacial score (nSPS) is 17.3. The lowest BCUT2D eigenvalue weighted by molar-refractivity contribution is -0.132. The molecule has 1 aliphatic rings. The number of Topliss-reactive ketones (excluding diaryl/α,β-unsaturated/α-hetero) is 1. The minimum absolute atomic E-state index is 0.0496. The maximum atomic E-state index is 13.3. The summed E-state index contributed by atoms with van der Waals surface area (Å²) in [6.45, 7) is 4.08. The summed E-state index contributed by atoms with van der Waals surface area (Å²) in [5, 5.41) is 12.2. The van der Waals surface area contributed by atoms with Gasteiger partial charge in [0.05, 0.1) is 33.3 Å². The molecule has 0 radical (unpaired) electrons. The first kappa shape index (κ1) is 24.1. The van der Waals surface area contributed by atoms with Gasteiger partial charge in [0.15, 0.2) is 0 Å². The SMILES string of the molecule is CCOc1cc(/C(O)=C2\C(=O)C(=O)N(c3ccc(Cl)c(Cl)c3)C2c2cccc(C)c2)ccc1Cl. The van der Waals surface area contributed by atoms with Gasteiger partial charge in [-0.1, -0.05) is 64.6 Å². The van der Waals surface area contributed by atoms with Crippen LogP contribution >= 0.6 is 34.8 Å². The van der Waals surface area contributed by atoms with E-state index in [-0.39, 0.29) is 16.4 Å². The Morgan fingerprint density at radius 3 is 2.38 bits per heavy atom. The van der Waals surface area contributed by atoms with Gasteiger partial charge in [0.25, 0.3) is 11.7 Å². The van der Waals surface area contributed by atoms with Gasteiger partial charge in [0.1, 0.15) is 11.5 Å². The van der Waals surface area contributed by atoms with Gasteiger partial charge >= 0.3 is 0 Å². The molecule has 0 bridgehead atoms. The second kappa shape index (κ2) is 9.71. The van der Waals surface area contributed by atoms with Gasteiger partial charge < -0.3 is 9.84 Å². The van der Waals surface area contributed by atoms with Crippen molar-refractivity contribution in [3.8, 4) is 5.75 Å². The maximum absolute atomic E-state index is 13.3. The number of ketones is 1. The molecular formula is C26H20Cl3NO4. The summed E-state index contributed by atoms with van der Waals surface area (Å²) in [5.74, 6) is -1.57. The maximum Gasteiger partial charge on any atom is 0.300 e. The third-order valence-corrected chi connectivity index (χ3v) is 6.54. The predicted molar refractivity (Wildman–Crippen MR) is 135 cm³/mol. The minimum atomic E-state index is -0.886. The van der Waals surface area contributed by atoms with Gasteiger partial charge in [0, 0.05) is 11.3 Å². The molecule has 1 atom stereocenters. The molecule has 1 heterocycles. The molecule has 0 spiro atoms. The number of carbonyl (C=O) groups excluding carboxylic acids is 2. The quantitative estimate of drug-likeness (QED) is 0.226. The van der Waals surface area contributed by atoms with E-state index < -0.39 is 17.7 Å². The molecule has 1 fully saturated rings. The van der Waals surface area contributed by atoms with Gasteiger partial charge in [-0.25, -0.2) is 0 Å². The molecule has 0 saturated carbocycles. The Hall–Kier alpha value is -2.99. The van der Waals surface area contributed by atoms with Crippen LogP contribution < -0.4 is 9.64 Å². The molecule has 1 unspecified atom stereocenters. The monoisotopic (exact) mass is 515 g/mol. The van der Waals surface area contributed by atoms with Crippen LogP contribution in [0.15, 0.2) is 66.2 Å². The van der Waals surface area contributed by atoms with E-state index >= 15 is 0 Å². The van der Waals surface area contributed by atoms with E-state index in [9.17, 15) is 14.7 Å². The van der Waals surface area contributed by atoms with E-state index in [1.54, 1.807) is 36.4 Å². The standard InChI is InChI=1S/C26H20Cl3NO4/c1-3-34-21-12-16(7-9-19(21)28)24(31)22-23(15-6-4-5-14(2)11-15)30(26(33)25(22)32)17-8-10-18(27)20(29)13-17/h4-13,23,31H,3H2,1-2H3/b24-22+. The highest BCUT2D eigenvalue weighted by Crippen LogP contribution is 2.44. The molecule has 4 rings (SSSR count). The first-order chi connectivity index (χ1) is 16.2. The van der Waals surface area contributed by atoms with Crippen molar-refractivity contribution in [1.29, 1.82) is 0 Å². The molecular weight excluding hydrogens is 497 g/mol. The summed E-state index contributed by atoms with van der Waals surface area (Å²) >= 11 is 18.5. The van der Waals surface area contributed by atoms with Gasteiger partial charge in [-0.2, -0.15) is 0 Å². The molecule has 1 aliphatic heterocycles. The molecule has 174 valence electrons. The fourth-order valence-corrected chi connectivity index (χ4v) is 4.43. The third kappa shape index (κ3) is 4.39. The van der Waals surface area contributed by atoms with E-state index in [4.69, 9.17) is 39.5 Å². The Morgan fingerprint density at radius 1 is 0.971 bits per heavy atom. The van der Waals surface area contributed by atoms with E-state index in [0.29, 0.717) is 39.2 Å². The Kier molecular flexibility index (Phi) is 6.89. The lowest BCUT2D eigenvalue weighted by Gasteiger charge is -2.26. The average Bonchev–Trinajstić information content (AvgIpc) is 3.07. The van der Waals surface area contributed by atoms with Crippen molar-refractivity contribution in [3.63, 3.8) is 0 Å². The number of hydrogen-bond donors (Lipinski definition) is 1. The lowest BCUT2D eigenvalue weighted by Crippen LogP contribution is -2.29. The molecule has 0 aliphatic carbocycles. The van der Waals surface area contributed by atoms with Crippen LogP contribution in [0.5, 0.6) is 5.75 Å². The molecule has 0 aromatic heterocycles. The molecule has 5 nitrogen and oxygen atoms in total. The van der Waals surface area contributed by atoms with E-state index in [2.05, 4.69) is 0 Å². The fraction of sp³-hybridized carbons (Fsp3) is 0.154. The highest BCUT2D eigenvalue weighted by molar-refractivity contribution is 6.52. The number of carbonyl (C=O) groups is 2. The number of aryl methyl sites for hydroxylation is 1. The smallest absolute Gasteiger partial charge is 0.300 e. The number of rotatable bonds is 5. The fourth-order valence-electron chi connectivity index (χ4n) is 3.96. The van der Waals surface area contributed by atoms with Crippen molar-refractivity contribution >= 4 is 57.9 Å². The lowest BCUT2D eigenvalue weighted by atomic mass is 9.94. The Bertz CT molecular complexity index is 1340. The molecule has 1 N–H and O–H groups in total. The summed E-state index contributed by atoms with van der Waals surface area (Å²) < 4.78 is 5.53. The number of anilines is 1. The molecule has 1 amide bonds. The Labute approximate surface area is 212 Å². The minimum Gasteiger partial charge on any atom is -0.507 e. The van der Waals surface area contributed by atoms with Crippen LogP contribution in [0, 0.1) is 6.92 Å². The van der Waals surface area contributed by atoms with E-state index in [1.807, 2.05) is 32.0 Å². The van der Waals surface area contributed by atoms with Crippen LogP contribution in [0.3, 0.4) is 0 Å². The molecule has 34 heavy (non-hydrogen) atoms. The first-order valence-electron chi connectivity index (χ1n) is 10.5. The summed E-state index contributed by atoms with van der Waals surface area (Å²) in [6.07, 6.45) is 0. The highest BCUT2D eigenvalue weighted by atomic mass is 35.5. The number of benzene rings is 3. The van der Waals surface area contributed by atoms with Crippen molar-refractivity contribution in [2.24, 2.45) is 0 Å². The molecule has 1 saturated heterocycles. The van der Waals surface area contributed by atoms with Crippen LogP contribution in [-0.2, 0) is 9.59 Å². The third-order valence-electron chi connectivity index (χ3n) is 5.49. The zero-order valence-corrected chi connectivity index (χ0v) is 20.6. The molecule has 8 heteroatoms. The van der Waals surface area contributed by atoms with Gasteiger partial charge in [-0.15, -0.1) is 0 Å². The second-order valence-corrected chi connectivity index (χ2v) is 8.98. The summed E-state index contributed by atoms with van der Waals surface area (Å²) in [6, 6.07) is 15.9. The van der Waals surface area contributed by atoms with Crippen molar-refractivity contribution in [2.45, 2.75) is 19.9 Å². The largest absolute Gasteiger partial charge is 0.507 e. The predicted octanol–water partition coefficient (Wildman–Crippen LogP) is 6.98. The van der Waals surface area contributed by atoms with Crippen molar-refractivity contribution in [3.05, 3.63) is 98.0 Å². The van der Waals surface area contributed by atoms with Crippen molar-refractivity contribution in [2.75, 3.05) is 11.5 Å². The zero-order valence-electron chi connectivity index (χ0n) is 18.3. The number of halogens is 3. The zero-order chi connectivity index (χ0) is 24.6. The first-order valence-corrected chi connectivity index (χ1v) is 11.6. The number of aliphatic hydroxyl groups is 1. The van der Waals surface area contributed by atoms with Crippen LogP contribution in [0.4, 0.5) is 5.69 Å². The average molecular weight is 517 g/mol. The van der Waals surface area contributed by atoms with Gasteiger partial charge in [-0.05, 0) is 55.8 Å². The number of nitrogens with zero attached hydrogens (tertiary/aromatic N) is 1. The number of ether oxygens (including phenoxy) is 1. The van der Waals surface area contributed by atoms with Crippen LogP contribution in [0.2, 0.25) is 15.1 Å².